The molecule has 244 valence electrons. The van der Waals surface area contributed by atoms with Gasteiger partial charge in [0, 0.05) is 68.7 Å². The zero-order valence-electron chi connectivity index (χ0n) is 26.2. The van der Waals surface area contributed by atoms with E-state index in [2.05, 4.69) is 27.5 Å². The van der Waals surface area contributed by atoms with Gasteiger partial charge in [0.25, 0.3) is 5.91 Å². The number of piperidine rings is 2. The standard InChI is InChI=1S/C32H44ClN7O4S/c1-21-15-22(16-26(33)29(21)34)17-28(30(41)38-13-11-37(12-14-38)24-3-7-36(2)8-4-24)44-32(43)39-9-5-25(6-10-39)40-18-23-19-45-20-27(23)35-31(40)42/h15-16,19-20,24-25,28H,3-14,17-18,34H2,1-2H3,(H,35,42)/t28-/m1/s1. The molecule has 11 nitrogen and oxygen atoms in total. The number of nitrogen functional groups attached to an aromatic ring is 1. The van der Waals surface area contributed by atoms with Gasteiger partial charge in [-0.3, -0.25) is 9.69 Å². The second-order valence-corrected chi connectivity index (χ2v) is 14.0. The molecule has 4 aliphatic rings. The maximum Gasteiger partial charge on any atom is 0.410 e. The molecular weight excluding hydrogens is 614 g/mol. The molecule has 5 heterocycles. The summed E-state index contributed by atoms with van der Waals surface area (Å²) >= 11 is 7.97. The van der Waals surface area contributed by atoms with Gasteiger partial charge in [0.05, 0.1) is 22.9 Å². The smallest absolute Gasteiger partial charge is 0.410 e. The van der Waals surface area contributed by atoms with Crippen LogP contribution in [0.2, 0.25) is 5.02 Å². The topological polar surface area (TPSA) is 115 Å². The summed E-state index contributed by atoms with van der Waals surface area (Å²) in [6.45, 7) is 8.40. The van der Waals surface area contributed by atoms with Crippen molar-refractivity contribution in [3.8, 4) is 0 Å². The van der Waals surface area contributed by atoms with Crippen LogP contribution >= 0.6 is 22.9 Å². The Labute approximate surface area is 274 Å². The lowest BCUT2D eigenvalue weighted by Gasteiger charge is -2.43. The molecule has 3 N–H and O–H groups in total. The van der Waals surface area contributed by atoms with Gasteiger partial charge in [0.15, 0.2) is 6.10 Å². The van der Waals surface area contributed by atoms with E-state index >= 15 is 0 Å². The van der Waals surface area contributed by atoms with E-state index in [1.54, 1.807) is 22.3 Å². The third-order valence-corrected chi connectivity index (χ3v) is 11.0. The van der Waals surface area contributed by atoms with Crippen LogP contribution in [0.15, 0.2) is 22.9 Å². The molecule has 3 saturated heterocycles. The summed E-state index contributed by atoms with van der Waals surface area (Å²) in [7, 11) is 2.17. The van der Waals surface area contributed by atoms with Crippen LogP contribution in [0.5, 0.6) is 0 Å². The average Bonchev–Trinajstić information content (AvgIpc) is 3.50. The zero-order valence-corrected chi connectivity index (χ0v) is 27.7. The van der Waals surface area contributed by atoms with Gasteiger partial charge in [0.1, 0.15) is 0 Å². The highest BCUT2D eigenvalue weighted by Gasteiger charge is 2.37. The van der Waals surface area contributed by atoms with Crippen molar-refractivity contribution in [2.45, 2.75) is 63.8 Å². The zero-order chi connectivity index (χ0) is 31.7. The van der Waals surface area contributed by atoms with Crippen LogP contribution in [0.1, 0.15) is 42.4 Å². The van der Waals surface area contributed by atoms with E-state index < -0.39 is 12.2 Å². The molecule has 3 fully saturated rings. The number of hydrogen-bond acceptors (Lipinski definition) is 8. The molecule has 0 bridgehead atoms. The molecule has 4 aliphatic heterocycles. The third kappa shape index (κ3) is 7.19. The molecule has 2 aromatic rings. The largest absolute Gasteiger partial charge is 0.436 e. The number of fused-ring (bicyclic) bond motifs is 1. The lowest BCUT2D eigenvalue weighted by Crippen LogP contribution is -2.56. The predicted molar refractivity (Wildman–Crippen MR) is 177 cm³/mol. The molecule has 13 heteroatoms. The van der Waals surface area contributed by atoms with Crippen molar-refractivity contribution < 1.29 is 19.1 Å². The van der Waals surface area contributed by atoms with Crippen LogP contribution in [-0.2, 0) is 22.5 Å². The molecule has 45 heavy (non-hydrogen) atoms. The Balaban J connectivity index is 1.09. The minimum Gasteiger partial charge on any atom is -0.436 e. The molecule has 0 radical (unpaired) electrons. The minimum atomic E-state index is -0.978. The third-order valence-electron chi connectivity index (χ3n) is 9.91. The summed E-state index contributed by atoms with van der Waals surface area (Å²) in [6, 6.07) is 4.14. The van der Waals surface area contributed by atoms with Crippen LogP contribution in [0, 0.1) is 6.92 Å². The highest BCUT2D eigenvalue weighted by molar-refractivity contribution is 7.08. The van der Waals surface area contributed by atoms with Crippen LogP contribution in [0.25, 0.3) is 0 Å². The van der Waals surface area contributed by atoms with Crippen molar-refractivity contribution >= 4 is 52.3 Å². The van der Waals surface area contributed by atoms with Gasteiger partial charge in [0.2, 0.25) is 0 Å². The van der Waals surface area contributed by atoms with Crippen LogP contribution in [0.4, 0.5) is 21.0 Å². The number of thiophene rings is 1. The van der Waals surface area contributed by atoms with Crippen molar-refractivity contribution in [3.05, 3.63) is 44.6 Å². The van der Waals surface area contributed by atoms with E-state index in [0.717, 1.165) is 61.4 Å². The maximum atomic E-state index is 14.0. The number of nitrogens with one attached hydrogen (secondary N) is 1. The number of nitrogens with zero attached hydrogens (tertiary/aromatic N) is 5. The van der Waals surface area contributed by atoms with Crippen molar-refractivity contribution in [2.75, 3.05) is 70.5 Å². The fraction of sp³-hybridized carbons (Fsp3) is 0.594. The van der Waals surface area contributed by atoms with Crippen molar-refractivity contribution in [3.63, 3.8) is 0 Å². The Morgan fingerprint density at radius 2 is 1.69 bits per heavy atom. The fourth-order valence-corrected chi connectivity index (χ4v) is 8.13. The number of carbonyl (C=O) groups is 3. The number of anilines is 2. The van der Waals surface area contributed by atoms with Crippen LogP contribution < -0.4 is 11.1 Å². The summed E-state index contributed by atoms with van der Waals surface area (Å²) in [5.74, 6) is -0.177. The molecule has 0 unspecified atom stereocenters. The SMILES string of the molecule is Cc1cc(C[C@@H](OC(=O)N2CCC(N3Cc4cscc4NC3=O)CC2)C(=O)N2CCN(C3CCN(C)CC3)CC2)cc(Cl)c1N. The van der Waals surface area contributed by atoms with Crippen LogP contribution in [-0.4, -0.2) is 120 Å². The molecule has 1 aromatic carbocycles. The number of benzene rings is 1. The Kier molecular flexibility index (Phi) is 9.74. The minimum absolute atomic E-state index is 0.0280. The van der Waals surface area contributed by atoms with Gasteiger partial charge in [-0.2, -0.15) is 0 Å². The van der Waals surface area contributed by atoms with Gasteiger partial charge in [-0.15, -0.1) is 11.3 Å². The Hall–Kier alpha value is -3.06. The highest BCUT2D eigenvalue weighted by Crippen LogP contribution is 2.31. The molecule has 4 amide bonds. The second-order valence-electron chi connectivity index (χ2n) is 12.9. The van der Waals surface area contributed by atoms with E-state index in [1.165, 1.54) is 0 Å². The monoisotopic (exact) mass is 657 g/mol. The number of carbonyl (C=O) groups excluding carboxylic acids is 3. The second kappa shape index (κ2) is 13.7. The van der Waals surface area contributed by atoms with E-state index in [1.807, 2.05) is 28.2 Å². The summed E-state index contributed by atoms with van der Waals surface area (Å²) in [6.07, 6.45) is 2.32. The lowest BCUT2D eigenvalue weighted by atomic mass is 10.0. The summed E-state index contributed by atoms with van der Waals surface area (Å²) < 4.78 is 6.02. The molecule has 0 aliphatic carbocycles. The summed E-state index contributed by atoms with van der Waals surface area (Å²) in [5, 5.41) is 7.42. The number of amides is 4. The predicted octanol–water partition coefficient (Wildman–Crippen LogP) is 4.09. The van der Waals surface area contributed by atoms with Gasteiger partial charge in [-0.1, -0.05) is 17.7 Å². The van der Waals surface area contributed by atoms with Crippen LogP contribution in [0.3, 0.4) is 0 Å². The average molecular weight is 658 g/mol. The Bertz CT molecular complexity index is 1370. The molecule has 1 atom stereocenters. The Morgan fingerprint density at radius 3 is 2.38 bits per heavy atom. The fourth-order valence-electron chi connectivity index (χ4n) is 7.06. The molecule has 6 rings (SSSR count). The van der Waals surface area contributed by atoms with E-state index in [-0.39, 0.29) is 24.4 Å². The normalized spacial score (nSPS) is 21.4. The first kappa shape index (κ1) is 31.9. The molecule has 0 saturated carbocycles. The first-order valence-electron chi connectivity index (χ1n) is 16.0. The van der Waals surface area contributed by atoms with E-state index in [9.17, 15) is 14.4 Å². The van der Waals surface area contributed by atoms with Crippen molar-refractivity contribution in [1.82, 2.24) is 24.5 Å². The number of ether oxygens (including phenoxy) is 1. The number of halogens is 1. The van der Waals surface area contributed by atoms with Crippen molar-refractivity contribution in [1.29, 1.82) is 0 Å². The summed E-state index contributed by atoms with van der Waals surface area (Å²) in [4.78, 5) is 50.5. The quantitative estimate of drug-likeness (QED) is 0.450. The summed E-state index contributed by atoms with van der Waals surface area (Å²) in [5.41, 5.74) is 10.2. The number of nitrogens with two attached hydrogens (primary N) is 1. The molecule has 1 aromatic heterocycles. The number of rotatable bonds is 6. The van der Waals surface area contributed by atoms with Gasteiger partial charge >= 0.3 is 12.1 Å². The van der Waals surface area contributed by atoms with Crippen molar-refractivity contribution in [2.24, 2.45) is 0 Å². The number of hydrogen-bond donors (Lipinski definition) is 2. The molecule has 0 spiro atoms. The first-order valence-corrected chi connectivity index (χ1v) is 17.3. The number of urea groups is 1. The lowest BCUT2D eigenvalue weighted by molar-refractivity contribution is -0.143. The van der Waals surface area contributed by atoms with E-state index in [0.29, 0.717) is 62.3 Å². The van der Waals surface area contributed by atoms with E-state index in [4.69, 9.17) is 22.1 Å². The number of aryl methyl sites for hydroxylation is 1. The Morgan fingerprint density at radius 1 is 1.00 bits per heavy atom. The first-order chi connectivity index (χ1) is 21.7. The number of piperazine rings is 1. The highest BCUT2D eigenvalue weighted by atomic mass is 35.5. The number of likely N-dealkylation sites (tertiary alicyclic amines) is 2. The van der Waals surface area contributed by atoms with Gasteiger partial charge in [-0.05, 0) is 75.3 Å². The molecular formula is C32H44ClN7O4S. The maximum absolute atomic E-state index is 14.0. The van der Waals surface area contributed by atoms with Gasteiger partial charge in [-0.25, -0.2) is 9.59 Å². The van der Waals surface area contributed by atoms with Gasteiger partial charge < -0.3 is 35.4 Å².